The highest BCUT2D eigenvalue weighted by Crippen LogP contribution is 2.66. The summed E-state index contributed by atoms with van der Waals surface area (Å²) in [5.74, 6) is 3.84. The predicted molar refractivity (Wildman–Crippen MR) is 94.6 cm³/mol. The summed E-state index contributed by atoms with van der Waals surface area (Å²) in [6.45, 7) is 9.97. The highest BCUT2D eigenvalue weighted by molar-refractivity contribution is 5.28. The predicted octanol–water partition coefficient (Wildman–Crippen LogP) is 6.53. The molecule has 0 nitrogen and oxygen atoms in total. The van der Waals surface area contributed by atoms with Crippen LogP contribution in [0.15, 0.2) is 23.3 Å². The Hall–Kier alpha value is -0.520. The molecule has 0 spiro atoms. The van der Waals surface area contributed by atoms with Crippen LogP contribution in [-0.2, 0) is 0 Å². The van der Waals surface area contributed by atoms with E-state index in [0.717, 1.165) is 23.7 Å². The van der Waals surface area contributed by atoms with E-state index in [4.69, 9.17) is 0 Å². The minimum atomic E-state index is 0.541. The Bertz CT molecular complexity index is 524. The van der Waals surface area contributed by atoms with E-state index in [0.29, 0.717) is 10.8 Å². The van der Waals surface area contributed by atoms with Crippen LogP contribution in [0.2, 0.25) is 0 Å². The summed E-state index contributed by atoms with van der Waals surface area (Å²) >= 11 is 0. The molecule has 0 bridgehead atoms. The highest BCUT2D eigenvalue weighted by Gasteiger charge is 2.56. The topological polar surface area (TPSA) is 0 Å². The second-order valence-electron chi connectivity index (χ2n) is 9.42. The molecule has 0 aromatic carbocycles. The van der Waals surface area contributed by atoms with Crippen LogP contribution >= 0.6 is 0 Å². The molecule has 0 amide bonds. The second kappa shape index (κ2) is 4.99. The minimum Gasteiger partial charge on any atom is -0.0879 e. The van der Waals surface area contributed by atoms with Gasteiger partial charge in [0, 0.05) is 0 Å². The van der Waals surface area contributed by atoms with Crippen LogP contribution in [0.4, 0.5) is 0 Å². The van der Waals surface area contributed by atoms with Crippen molar-refractivity contribution in [1.82, 2.24) is 0 Å². The van der Waals surface area contributed by atoms with Crippen LogP contribution in [0.25, 0.3) is 0 Å². The molecule has 3 fully saturated rings. The van der Waals surface area contributed by atoms with Crippen molar-refractivity contribution >= 4 is 0 Å². The van der Waals surface area contributed by atoms with Crippen LogP contribution in [-0.4, -0.2) is 0 Å². The molecule has 3 saturated carbocycles. The van der Waals surface area contributed by atoms with Crippen molar-refractivity contribution in [2.75, 3.05) is 0 Å². The van der Waals surface area contributed by atoms with Gasteiger partial charge in [0.2, 0.25) is 0 Å². The summed E-state index contributed by atoms with van der Waals surface area (Å²) in [6, 6.07) is 0. The Kier molecular flexibility index (Phi) is 3.41. The van der Waals surface area contributed by atoms with Gasteiger partial charge in [0.1, 0.15) is 0 Å². The average molecular weight is 299 g/mol. The molecule has 0 saturated heterocycles. The van der Waals surface area contributed by atoms with Crippen LogP contribution in [0.1, 0.15) is 79.1 Å². The zero-order chi connectivity index (χ0) is 15.5. The third kappa shape index (κ3) is 1.88. The first-order chi connectivity index (χ1) is 10.5. The fourth-order valence-corrected chi connectivity index (χ4v) is 7.17. The van der Waals surface area contributed by atoms with Gasteiger partial charge in [-0.3, -0.25) is 0 Å². The van der Waals surface area contributed by atoms with Crippen molar-refractivity contribution in [3.05, 3.63) is 23.3 Å². The lowest BCUT2D eigenvalue weighted by atomic mass is 9.47. The molecule has 4 aliphatic rings. The summed E-state index contributed by atoms with van der Waals surface area (Å²) in [6.07, 6.45) is 16.6. The van der Waals surface area contributed by atoms with Crippen LogP contribution < -0.4 is 0 Å². The van der Waals surface area contributed by atoms with Crippen molar-refractivity contribution in [2.24, 2.45) is 34.5 Å². The molecule has 0 aliphatic heterocycles. The zero-order valence-electron chi connectivity index (χ0n) is 15.1. The monoisotopic (exact) mass is 298 g/mol. The molecule has 0 aromatic heterocycles. The van der Waals surface area contributed by atoms with Gasteiger partial charge in [0.25, 0.3) is 0 Å². The molecule has 4 rings (SSSR count). The molecule has 122 valence electrons. The Morgan fingerprint density at radius 3 is 2.55 bits per heavy atom. The first-order valence-corrected chi connectivity index (χ1v) is 9.84. The summed E-state index contributed by atoms with van der Waals surface area (Å²) in [4.78, 5) is 0. The maximum atomic E-state index is 2.70. The van der Waals surface area contributed by atoms with Gasteiger partial charge in [0.05, 0.1) is 0 Å². The van der Waals surface area contributed by atoms with Gasteiger partial charge >= 0.3 is 0 Å². The molecular formula is C22H34. The summed E-state index contributed by atoms with van der Waals surface area (Å²) in [5.41, 5.74) is 4.73. The number of hydrogen-bond donors (Lipinski definition) is 0. The molecule has 0 aromatic rings. The minimum absolute atomic E-state index is 0.541. The standard InChI is InChI=1S/C22H34/c1-5-16-7-9-19-18-8-6-17-14-15(2)10-12-22(17,4)20(18)11-13-21(16,19)3/h5-6,15,18-20H,7-14H2,1-4H3/b16-5-/t15-,18?,19?,20?,21+,22-/m0/s1. The van der Waals surface area contributed by atoms with E-state index in [2.05, 4.69) is 39.8 Å². The van der Waals surface area contributed by atoms with E-state index in [1.165, 1.54) is 51.4 Å². The maximum absolute atomic E-state index is 2.70. The van der Waals surface area contributed by atoms with Gasteiger partial charge in [-0.2, -0.15) is 0 Å². The van der Waals surface area contributed by atoms with Gasteiger partial charge < -0.3 is 0 Å². The van der Waals surface area contributed by atoms with Gasteiger partial charge in [-0.15, -0.1) is 0 Å². The normalized spacial score (nSPS) is 52.7. The Morgan fingerprint density at radius 2 is 1.77 bits per heavy atom. The molecule has 4 aliphatic carbocycles. The fraction of sp³-hybridized carbons (Fsp3) is 0.818. The highest BCUT2D eigenvalue weighted by atomic mass is 14.6. The Morgan fingerprint density at radius 1 is 1.05 bits per heavy atom. The SMILES string of the molecule is C/C=C1/CCC2C3CC=C4C[C@@H](C)CC[C@]4(C)C3CC[C@]12C. The summed E-state index contributed by atoms with van der Waals surface area (Å²) in [5, 5.41) is 0. The number of allylic oxidation sites excluding steroid dienone is 4. The third-order valence-corrected chi connectivity index (χ3v) is 8.55. The summed E-state index contributed by atoms with van der Waals surface area (Å²) in [7, 11) is 0. The van der Waals surface area contributed by atoms with E-state index in [-0.39, 0.29) is 0 Å². The van der Waals surface area contributed by atoms with Crippen molar-refractivity contribution in [3.8, 4) is 0 Å². The molecule has 0 heteroatoms. The zero-order valence-corrected chi connectivity index (χ0v) is 15.1. The molecule has 22 heavy (non-hydrogen) atoms. The van der Waals surface area contributed by atoms with E-state index in [1.807, 2.05) is 5.57 Å². The van der Waals surface area contributed by atoms with E-state index in [1.54, 1.807) is 5.57 Å². The van der Waals surface area contributed by atoms with Gasteiger partial charge in [-0.1, -0.05) is 44.1 Å². The smallest absolute Gasteiger partial charge is 0.00851 e. The lowest BCUT2D eigenvalue weighted by molar-refractivity contribution is -0.0173. The second-order valence-corrected chi connectivity index (χ2v) is 9.42. The van der Waals surface area contributed by atoms with Crippen molar-refractivity contribution < 1.29 is 0 Å². The molecule has 0 radical (unpaired) electrons. The van der Waals surface area contributed by atoms with Crippen LogP contribution in [0.3, 0.4) is 0 Å². The lowest BCUT2D eigenvalue weighted by Crippen LogP contribution is -2.49. The average Bonchev–Trinajstić information content (AvgIpc) is 2.84. The molecular weight excluding hydrogens is 264 g/mol. The number of fused-ring (bicyclic) bond motifs is 5. The summed E-state index contributed by atoms with van der Waals surface area (Å²) < 4.78 is 0. The quantitative estimate of drug-likeness (QED) is 0.446. The molecule has 0 N–H and O–H groups in total. The Balaban J connectivity index is 1.69. The third-order valence-electron chi connectivity index (χ3n) is 8.55. The van der Waals surface area contributed by atoms with Crippen molar-refractivity contribution in [3.63, 3.8) is 0 Å². The van der Waals surface area contributed by atoms with Crippen LogP contribution in [0.5, 0.6) is 0 Å². The van der Waals surface area contributed by atoms with Gasteiger partial charge in [-0.05, 0) is 92.8 Å². The fourth-order valence-electron chi connectivity index (χ4n) is 7.17. The number of rotatable bonds is 0. The maximum Gasteiger partial charge on any atom is -0.00851 e. The van der Waals surface area contributed by atoms with Crippen molar-refractivity contribution in [1.29, 1.82) is 0 Å². The number of hydrogen-bond acceptors (Lipinski definition) is 0. The van der Waals surface area contributed by atoms with E-state index < -0.39 is 0 Å². The largest absolute Gasteiger partial charge is 0.0879 e. The molecule has 3 unspecified atom stereocenters. The first-order valence-electron chi connectivity index (χ1n) is 9.84. The van der Waals surface area contributed by atoms with Gasteiger partial charge in [0.15, 0.2) is 0 Å². The molecule has 0 heterocycles. The van der Waals surface area contributed by atoms with E-state index in [9.17, 15) is 0 Å². The molecule has 6 atom stereocenters. The van der Waals surface area contributed by atoms with Crippen LogP contribution in [0, 0.1) is 34.5 Å². The van der Waals surface area contributed by atoms with Crippen molar-refractivity contribution in [2.45, 2.75) is 79.1 Å². The van der Waals surface area contributed by atoms with Gasteiger partial charge in [-0.25, -0.2) is 0 Å². The first kappa shape index (κ1) is 15.0. The lowest BCUT2D eigenvalue weighted by Gasteiger charge is -2.57. The van der Waals surface area contributed by atoms with E-state index >= 15 is 0 Å². The Labute approximate surface area is 137 Å².